The summed E-state index contributed by atoms with van der Waals surface area (Å²) in [5.41, 5.74) is 2.80. The van der Waals surface area contributed by atoms with Crippen LogP contribution in [0.4, 0.5) is 0 Å². The van der Waals surface area contributed by atoms with Crippen LogP contribution in [0.15, 0.2) is 24.3 Å². The molecule has 0 heterocycles. The van der Waals surface area contributed by atoms with Crippen molar-refractivity contribution in [1.82, 2.24) is 10.6 Å². The van der Waals surface area contributed by atoms with Crippen molar-refractivity contribution < 1.29 is 4.79 Å². The maximum Gasteiger partial charge on any atom is 0.237 e. The molecule has 2 aliphatic rings. The van der Waals surface area contributed by atoms with Gasteiger partial charge >= 0.3 is 0 Å². The van der Waals surface area contributed by atoms with Crippen LogP contribution in [0.3, 0.4) is 0 Å². The quantitative estimate of drug-likeness (QED) is 0.893. The first kappa shape index (κ1) is 14.6. The first-order valence-corrected chi connectivity index (χ1v) is 8.38. The van der Waals surface area contributed by atoms with Crippen LogP contribution in [0.2, 0.25) is 0 Å². The van der Waals surface area contributed by atoms with Gasteiger partial charge in [0.15, 0.2) is 0 Å². The highest BCUT2D eigenvalue weighted by Gasteiger charge is 2.26. The van der Waals surface area contributed by atoms with Crippen molar-refractivity contribution in [3.63, 3.8) is 0 Å². The number of fused-ring (bicyclic) bond motifs is 1. The van der Waals surface area contributed by atoms with E-state index in [-0.39, 0.29) is 11.9 Å². The minimum absolute atomic E-state index is 0.122. The van der Waals surface area contributed by atoms with Gasteiger partial charge in [0.05, 0.1) is 6.04 Å². The summed E-state index contributed by atoms with van der Waals surface area (Å²) in [6, 6.07) is 9.17. The summed E-state index contributed by atoms with van der Waals surface area (Å²) >= 11 is 0. The minimum atomic E-state index is -0.122. The summed E-state index contributed by atoms with van der Waals surface area (Å²) in [5.74, 6) is 0.159. The molecule has 2 atom stereocenters. The Balaban J connectivity index is 1.54. The third-order valence-electron chi connectivity index (χ3n) is 4.93. The summed E-state index contributed by atoms with van der Waals surface area (Å²) in [6.45, 7) is 1.99. The number of aryl methyl sites for hydroxylation is 1. The van der Waals surface area contributed by atoms with Gasteiger partial charge in [-0.15, -0.1) is 0 Å². The molecule has 0 radical (unpaired) electrons. The standard InChI is InChI=1S/C18H26N2O/c1-13(18(21)20-15-8-3-2-4-9-15)19-17-12-11-14-7-5-6-10-16(14)17/h5-7,10,13,15,17,19H,2-4,8-9,11-12H2,1H3,(H,20,21). The van der Waals surface area contributed by atoms with E-state index in [1.165, 1.54) is 30.4 Å². The Morgan fingerprint density at radius 2 is 1.90 bits per heavy atom. The topological polar surface area (TPSA) is 41.1 Å². The summed E-state index contributed by atoms with van der Waals surface area (Å²) < 4.78 is 0. The van der Waals surface area contributed by atoms with Gasteiger partial charge in [0.25, 0.3) is 0 Å². The molecule has 3 rings (SSSR count). The van der Waals surface area contributed by atoms with E-state index in [0.29, 0.717) is 12.1 Å². The summed E-state index contributed by atoms with van der Waals surface area (Å²) in [5, 5.41) is 6.73. The minimum Gasteiger partial charge on any atom is -0.352 e. The predicted octanol–water partition coefficient (Wildman–Crippen LogP) is 3.10. The Morgan fingerprint density at radius 3 is 2.71 bits per heavy atom. The first-order chi connectivity index (χ1) is 10.2. The van der Waals surface area contributed by atoms with Crippen LogP contribution in [0.1, 0.15) is 62.6 Å². The van der Waals surface area contributed by atoms with Crippen molar-refractivity contribution in [1.29, 1.82) is 0 Å². The monoisotopic (exact) mass is 286 g/mol. The summed E-state index contributed by atoms with van der Waals surface area (Å²) in [6.07, 6.45) is 8.32. The molecule has 0 aromatic heterocycles. The molecule has 0 aliphatic heterocycles. The molecule has 0 bridgehead atoms. The third kappa shape index (κ3) is 3.46. The van der Waals surface area contributed by atoms with Gasteiger partial charge in [0.2, 0.25) is 5.91 Å². The molecule has 114 valence electrons. The molecule has 2 aliphatic carbocycles. The second-order valence-corrected chi connectivity index (χ2v) is 6.52. The molecule has 1 fully saturated rings. The van der Waals surface area contributed by atoms with Crippen LogP contribution < -0.4 is 10.6 Å². The number of hydrogen-bond acceptors (Lipinski definition) is 2. The zero-order chi connectivity index (χ0) is 14.7. The largest absolute Gasteiger partial charge is 0.352 e. The number of benzene rings is 1. The lowest BCUT2D eigenvalue weighted by molar-refractivity contribution is -0.123. The average Bonchev–Trinajstić information content (AvgIpc) is 2.91. The molecule has 3 nitrogen and oxygen atoms in total. The zero-order valence-electron chi connectivity index (χ0n) is 12.9. The van der Waals surface area contributed by atoms with Crippen molar-refractivity contribution in [3.05, 3.63) is 35.4 Å². The van der Waals surface area contributed by atoms with Crippen molar-refractivity contribution in [2.24, 2.45) is 0 Å². The van der Waals surface area contributed by atoms with Crippen LogP contribution in [0.25, 0.3) is 0 Å². The van der Waals surface area contributed by atoms with E-state index in [1.807, 2.05) is 6.92 Å². The number of carbonyl (C=O) groups is 1. The highest BCUT2D eigenvalue weighted by Crippen LogP contribution is 2.31. The highest BCUT2D eigenvalue weighted by atomic mass is 16.2. The van der Waals surface area contributed by atoms with E-state index in [1.54, 1.807) is 0 Å². The molecule has 1 saturated carbocycles. The molecule has 2 unspecified atom stereocenters. The van der Waals surface area contributed by atoms with Gasteiger partial charge in [0.1, 0.15) is 0 Å². The molecule has 3 heteroatoms. The molecule has 1 amide bonds. The van der Waals surface area contributed by atoms with Gasteiger partial charge in [-0.25, -0.2) is 0 Å². The van der Waals surface area contributed by atoms with Crippen molar-refractivity contribution in [3.8, 4) is 0 Å². The number of carbonyl (C=O) groups excluding carboxylic acids is 1. The normalized spacial score (nSPS) is 23.6. The van der Waals surface area contributed by atoms with Crippen molar-refractivity contribution in [2.45, 2.75) is 70.0 Å². The molecular weight excluding hydrogens is 260 g/mol. The highest BCUT2D eigenvalue weighted by molar-refractivity contribution is 5.81. The van der Waals surface area contributed by atoms with Crippen LogP contribution >= 0.6 is 0 Å². The summed E-state index contributed by atoms with van der Waals surface area (Å²) in [4.78, 5) is 12.3. The van der Waals surface area contributed by atoms with Gasteiger partial charge < -0.3 is 5.32 Å². The van der Waals surface area contributed by atoms with Gasteiger partial charge in [-0.1, -0.05) is 43.5 Å². The van der Waals surface area contributed by atoms with E-state index in [4.69, 9.17) is 0 Å². The Labute approximate surface area is 127 Å². The molecule has 0 saturated heterocycles. The number of rotatable bonds is 4. The molecule has 21 heavy (non-hydrogen) atoms. The van der Waals surface area contributed by atoms with Gasteiger partial charge in [-0.3, -0.25) is 10.1 Å². The SMILES string of the molecule is CC(NC1CCc2ccccc21)C(=O)NC1CCCCC1. The Hall–Kier alpha value is -1.35. The second-order valence-electron chi connectivity index (χ2n) is 6.52. The average molecular weight is 286 g/mol. The fourth-order valence-corrected chi connectivity index (χ4v) is 3.68. The van der Waals surface area contributed by atoms with E-state index < -0.39 is 0 Å². The first-order valence-electron chi connectivity index (χ1n) is 8.38. The number of amides is 1. The van der Waals surface area contributed by atoms with E-state index in [9.17, 15) is 4.79 Å². The van der Waals surface area contributed by atoms with Crippen molar-refractivity contribution in [2.75, 3.05) is 0 Å². The molecule has 1 aromatic carbocycles. The second kappa shape index (κ2) is 6.61. The van der Waals surface area contributed by atoms with Crippen LogP contribution in [-0.2, 0) is 11.2 Å². The van der Waals surface area contributed by atoms with Crippen LogP contribution in [0, 0.1) is 0 Å². The summed E-state index contributed by atoms with van der Waals surface area (Å²) in [7, 11) is 0. The lowest BCUT2D eigenvalue weighted by atomic mass is 9.95. The van der Waals surface area contributed by atoms with E-state index in [0.717, 1.165) is 25.7 Å². The van der Waals surface area contributed by atoms with Gasteiger partial charge in [-0.05, 0) is 43.7 Å². The number of nitrogens with one attached hydrogen (secondary N) is 2. The maximum atomic E-state index is 12.3. The van der Waals surface area contributed by atoms with Gasteiger partial charge in [-0.2, -0.15) is 0 Å². The molecule has 0 spiro atoms. The fraction of sp³-hybridized carbons (Fsp3) is 0.611. The number of hydrogen-bond donors (Lipinski definition) is 2. The van der Waals surface area contributed by atoms with E-state index >= 15 is 0 Å². The zero-order valence-corrected chi connectivity index (χ0v) is 12.9. The molecular formula is C18H26N2O. The Kier molecular flexibility index (Phi) is 4.59. The van der Waals surface area contributed by atoms with Crippen LogP contribution in [0.5, 0.6) is 0 Å². The van der Waals surface area contributed by atoms with E-state index in [2.05, 4.69) is 34.9 Å². The van der Waals surface area contributed by atoms with Gasteiger partial charge in [0, 0.05) is 12.1 Å². The smallest absolute Gasteiger partial charge is 0.237 e. The van der Waals surface area contributed by atoms with Crippen LogP contribution in [-0.4, -0.2) is 18.0 Å². The Bertz CT molecular complexity index is 494. The lowest BCUT2D eigenvalue weighted by Crippen LogP contribution is -2.47. The molecule has 2 N–H and O–H groups in total. The Morgan fingerprint density at radius 1 is 1.14 bits per heavy atom. The lowest BCUT2D eigenvalue weighted by Gasteiger charge is -2.26. The van der Waals surface area contributed by atoms with Crippen molar-refractivity contribution >= 4 is 5.91 Å². The predicted molar refractivity (Wildman–Crippen MR) is 85.1 cm³/mol. The third-order valence-corrected chi connectivity index (χ3v) is 4.93. The maximum absolute atomic E-state index is 12.3. The molecule has 1 aromatic rings. The fourth-order valence-electron chi connectivity index (χ4n) is 3.68.